The molecule has 0 saturated carbocycles. The fourth-order valence-corrected chi connectivity index (χ4v) is 2.98. The fourth-order valence-electron chi connectivity index (χ4n) is 1.86. The highest BCUT2D eigenvalue weighted by Crippen LogP contribution is 2.29. The van der Waals surface area contributed by atoms with E-state index in [-0.39, 0.29) is 18.1 Å². The van der Waals surface area contributed by atoms with E-state index in [9.17, 15) is 9.59 Å². The van der Waals surface area contributed by atoms with Crippen LogP contribution in [0.25, 0.3) is 0 Å². The minimum atomic E-state index is -0.527. The van der Waals surface area contributed by atoms with Crippen LogP contribution in [0.1, 0.15) is 61.2 Å². The summed E-state index contributed by atoms with van der Waals surface area (Å²) in [6, 6.07) is 0.306. The predicted molar refractivity (Wildman–Crippen MR) is 80.8 cm³/mol. The first-order valence-electron chi connectivity index (χ1n) is 6.91. The number of ketones is 1. The highest BCUT2D eigenvalue weighted by atomic mass is 32.1. The van der Waals surface area contributed by atoms with Crippen molar-refractivity contribution in [3.8, 4) is 0 Å². The molecule has 1 heterocycles. The quantitative estimate of drug-likeness (QED) is 0.571. The molecule has 0 aliphatic carbocycles. The average molecular weight is 298 g/mol. The summed E-state index contributed by atoms with van der Waals surface area (Å²) in [5, 5.41) is 0.704. The molecule has 5 nitrogen and oxygen atoms in total. The number of ether oxygens (including phenoxy) is 1. The summed E-state index contributed by atoms with van der Waals surface area (Å²) < 4.78 is 4.97. The van der Waals surface area contributed by atoms with Crippen LogP contribution >= 0.6 is 11.3 Å². The lowest BCUT2D eigenvalue weighted by Gasteiger charge is -2.26. The Kier molecular flexibility index (Phi) is 6.13. The van der Waals surface area contributed by atoms with Crippen molar-refractivity contribution in [1.82, 2.24) is 4.98 Å². The second-order valence-electron chi connectivity index (χ2n) is 4.49. The number of Topliss-reactive ketones (excluding diaryl/α,β-unsaturated/α-hetero) is 1. The Morgan fingerprint density at radius 1 is 1.35 bits per heavy atom. The summed E-state index contributed by atoms with van der Waals surface area (Å²) in [6.07, 6.45) is 0.970. The van der Waals surface area contributed by atoms with Crippen molar-refractivity contribution < 1.29 is 14.3 Å². The molecule has 0 fully saturated rings. The first kappa shape index (κ1) is 16.6. The lowest BCUT2D eigenvalue weighted by atomic mass is 10.2. The number of nitrogens with zero attached hydrogens (tertiary/aromatic N) is 2. The van der Waals surface area contributed by atoms with E-state index in [1.807, 2.05) is 6.92 Å². The molecular formula is C14H22N2O3S. The molecule has 112 valence electrons. The maximum Gasteiger partial charge on any atom is 0.358 e. The molecule has 0 spiro atoms. The number of hydrogen-bond donors (Lipinski definition) is 0. The van der Waals surface area contributed by atoms with E-state index in [1.54, 1.807) is 6.92 Å². The van der Waals surface area contributed by atoms with E-state index in [2.05, 4.69) is 23.7 Å². The number of hydrogen-bond acceptors (Lipinski definition) is 6. The Morgan fingerprint density at radius 2 is 2.00 bits per heavy atom. The van der Waals surface area contributed by atoms with E-state index in [0.29, 0.717) is 16.1 Å². The van der Waals surface area contributed by atoms with Gasteiger partial charge < -0.3 is 9.64 Å². The minimum absolute atomic E-state index is 0.140. The van der Waals surface area contributed by atoms with E-state index in [4.69, 9.17) is 4.74 Å². The maximum atomic E-state index is 11.9. The molecular weight excluding hydrogens is 276 g/mol. The van der Waals surface area contributed by atoms with Crippen molar-refractivity contribution in [2.45, 2.75) is 47.1 Å². The second-order valence-corrected chi connectivity index (χ2v) is 5.47. The molecule has 1 aromatic rings. The Balaban J connectivity index is 3.20. The normalized spacial score (nSPS) is 12.1. The van der Waals surface area contributed by atoms with Gasteiger partial charge in [0, 0.05) is 19.5 Å². The molecule has 1 rings (SSSR count). The van der Waals surface area contributed by atoms with Gasteiger partial charge in [0.2, 0.25) is 0 Å². The van der Waals surface area contributed by atoms with Crippen LogP contribution in [0.15, 0.2) is 0 Å². The maximum absolute atomic E-state index is 11.9. The minimum Gasteiger partial charge on any atom is -0.461 e. The number of esters is 1. The number of rotatable bonds is 7. The fraction of sp³-hybridized carbons (Fsp3) is 0.643. The predicted octanol–water partition coefficient (Wildman–Crippen LogP) is 3.15. The number of anilines is 1. The van der Waals surface area contributed by atoms with Gasteiger partial charge in [-0.15, -0.1) is 0 Å². The monoisotopic (exact) mass is 298 g/mol. The van der Waals surface area contributed by atoms with Gasteiger partial charge in [0.1, 0.15) is 4.88 Å². The summed E-state index contributed by atoms with van der Waals surface area (Å²) in [6.45, 7) is 10.5. The van der Waals surface area contributed by atoms with Gasteiger partial charge in [-0.2, -0.15) is 0 Å². The zero-order valence-corrected chi connectivity index (χ0v) is 13.5. The molecule has 6 heteroatoms. The molecule has 0 saturated heterocycles. The van der Waals surface area contributed by atoms with Gasteiger partial charge in [0.15, 0.2) is 16.6 Å². The van der Waals surface area contributed by atoms with Gasteiger partial charge in [0.25, 0.3) is 0 Å². The largest absolute Gasteiger partial charge is 0.461 e. The first-order chi connectivity index (χ1) is 9.46. The van der Waals surface area contributed by atoms with Crippen molar-refractivity contribution in [1.29, 1.82) is 0 Å². The van der Waals surface area contributed by atoms with E-state index < -0.39 is 5.97 Å². The van der Waals surface area contributed by atoms with E-state index >= 15 is 0 Å². The Bertz CT molecular complexity index is 485. The van der Waals surface area contributed by atoms with E-state index in [0.717, 1.165) is 13.0 Å². The van der Waals surface area contributed by atoms with E-state index in [1.165, 1.54) is 18.3 Å². The average Bonchev–Trinajstić information content (AvgIpc) is 2.84. The molecule has 0 aromatic carbocycles. The van der Waals surface area contributed by atoms with Crippen LogP contribution in [0.4, 0.5) is 5.13 Å². The van der Waals surface area contributed by atoms with Crippen LogP contribution in [-0.4, -0.2) is 35.9 Å². The zero-order chi connectivity index (χ0) is 15.3. The molecule has 0 bridgehead atoms. The molecule has 1 aromatic heterocycles. The van der Waals surface area contributed by atoms with Crippen molar-refractivity contribution >= 4 is 28.2 Å². The summed E-state index contributed by atoms with van der Waals surface area (Å²) in [5.74, 6) is -0.683. The molecule has 0 aliphatic rings. The topological polar surface area (TPSA) is 59.5 Å². The van der Waals surface area contributed by atoms with Gasteiger partial charge in [-0.05, 0) is 27.2 Å². The van der Waals surface area contributed by atoms with Crippen molar-refractivity contribution in [2.24, 2.45) is 0 Å². The van der Waals surface area contributed by atoms with Gasteiger partial charge in [-0.25, -0.2) is 9.78 Å². The number of carbonyl (C=O) groups excluding carboxylic acids is 2. The molecule has 0 radical (unpaired) electrons. The van der Waals surface area contributed by atoms with Crippen molar-refractivity contribution in [3.63, 3.8) is 0 Å². The smallest absolute Gasteiger partial charge is 0.358 e. The number of carbonyl (C=O) groups is 2. The summed E-state index contributed by atoms with van der Waals surface area (Å²) in [5.41, 5.74) is 0.140. The molecule has 1 unspecified atom stereocenters. The van der Waals surface area contributed by atoms with Crippen molar-refractivity contribution in [2.75, 3.05) is 18.1 Å². The Hall–Kier alpha value is -1.43. The van der Waals surface area contributed by atoms with Crippen LogP contribution in [0, 0.1) is 0 Å². The molecule has 20 heavy (non-hydrogen) atoms. The molecule has 0 amide bonds. The molecule has 1 atom stereocenters. The standard InChI is InChI=1S/C14H22N2O3S/c1-6-9(4)16(7-2)14-15-11(13(18)19-8-3)12(20-14)10(5)17/h9H,6-8H2,1-5H3. The van der Waals surface area contributed by atoms with Crippen molar-refractivity contribution in [3.05, 3.63) is 10.6 Å². The lowest BCUT2D eigenvalue weighted by Crippen LogP contribution is -2.32. The van der Waals surface area contributed by atoms with Gasteiger partial charge >= 0.3 is 5.97 Å². The third-order valence-corrected chi connectivity index (χ3v) is 4.31. The van der Waals surface area contributed by atoms with Crippen LogP contribution in [0.3, 0.4) is 0 Å². The SMILES string of the molecule is CCOC(=O)c1nc(N(CC)C(C)CC)sc1C(C)=O. The summed E-state index contributed by atoms with van der Waals surface area (Å²) >= 11 is 1.26. The zero-order valence-electron chi connectivity index (χ0n) is 12.7. The van der Waals surface area contributed by atoms with Crippen LogP contribution in [0.5, 0.6) is 0 Å². The first-order valence-corrected chi connectivity index (χ1v) is 7.73. The molecule has 0 aliphatic heterocycles. The summed E-state index contributed by atoms with van der Waals surface area (Å²) in [7, 11) is 0. The van der Waals surface area contributed by atoms with Crippen LogP contribution in [-0.2, 0) is 4.74 Å². The Morgan fingerprint density at radius 3 is 2.45 bits per heavy atom. The highest BCUT2D eigenvalue weighted by molar-refractivity contribution is 7.17. The van der Waals surface area contributed by atoms with Crippen LogP contribution in [0.2, 0.25) is 0 Å². The number of aromatic nitrogens is 1. The number of thiazole rings is 1. The highest BCUT2D eigenvalue weighted by Gasteiger charge is 2.25. The molecule has 0 N–H and O–H groups in total. The van der Waals surface area contributed by atoms with Gasteiger partial charge in [0.05, 0.1) is 6.61 Å². The third kappa shape index (κ3) is 3.56. The van der Waals surface area contributed by atoms with Crippen LogP contribution < -0.4 is 4.90 Å². The van der Waals surface area contributed by atoms with Gasteiger partial charge in [-0.1, -0.05) is 18.3 Å². The summed E-state index contributed by atoms with van der Waals surface area (Å²) in [4.78, 5) is 30.4. The lowest BCUT2D eigenvalue weighted by molar-refractivity contribution is 0.0517. The third-order valence-electron chi connectivity index (χ3n) is 3.11. The Labute approximate surface area is 124 Å². The second kappa shape index (κ2) is 7.38. The van der Waals surface area contributed by atoms with Gasteiger partial charge in [-0.3, -0.25) is 4.79 Å².